The largest absolute Gasteiger partial charge is 0.351 e. The minimum absolute atomic E-state index is 0.00542. The van der Waals surface area contributed by atoms with Crippen LogP contribution in [0.2, 0.25) is 0 Å². The molecule has 0 saturated carbocycles. The normalized spacial score (nSPS) is 17.2. The lowest BCUT2D eigenvalue weighted by atomic mass is 9.97. The molecule has 3 heterocycles. The zero-order chi connectivity index (χ0) is 18.8. The van der Waals surface area contributed by atoms with Gasteiger partial charge in [0.05, 0.1) is 5.69 Å². The molecular formula is C19H21N5O2S. The highest BCUT2D eigenvalue weighted by molar-refractivity contribution is 7.07. The standard InChI is InChI=1S/C19H21N5O2S/c1-12-17(27-23-22-12)19(26)24-8-4-5-13(11-24)10-20-18(25)16-9-14-6-2-3-7-15(14)21-16/h2-3,6-7,9,13,21H,4-5,8,10-11H2,1H3,(H,20,25)/t13-/m0/s1. The molecule has 140 valence electrons. The smallest absolute Gasteiger partial charge is 0.267 e. The number of likely N-dealkylation sites (tertiary alicyclic amines) is 1. The summed E-state index contributed by atoms with van der Waals surface area (Å²) in [6.45, 7) is 3.74. The molecule has 1 fully saturated rings. The van der Waals surface area contributed by atoms with Gasteiger partial charge in [-0.05, 0) is 49.3 Å². The molecule has 27 heavy (non-hydrogen) atoms. The Bertz CT molecular complexity index is 946. The molecule has 8 heteroatoms. The fraction of sp³-hybridized carbons (Fsp3) is 0.368. The number of benzene rings is 1. The van der Waals surface area contributed by atoms with E-state index < -0.39 is 0 Å². The zero-order valence-electron chi connectivity index (χ0n) is 15.1. The number of para-hydroxylation sites is 1. The van der Waals surface area contributed by atoms with Crippen LogP contribution in [-0.2, 0) is 0 Å². The van der Waals surface area contributed by atoms with E-state index in [9.17, 15) is 9.59 Å². The van der Waals surface area contributed by atoms with Gasteiger partial charge in [0.25, 0.3) is 11.8 Å². The number of hydrogen-bond donors (Lipinski definition) is 2. The van der Waals surface area contributed by atoms with Gasteiger partial charge in [-0.3, -0.25) is 9.59 Å². The second-order valence-electron chi connectivity index (χ2n) is 6.93. The van der Waals surface area contributed by atoms with Gasteiger partial charge in [0.2, 0.25) is 0 Å². The summed E-state index contributed by atoms with van der Waals surface area (Å²) in [6, 6.07) is 9.68. The molecular weight excluding hydrogens is 362 g/mol. The van der Waals surface area contributed by atoms with Gasteiger partial charge in [0, 0.05) is 30.5 Å². The first-order chi connectivity index (χ1) is 13.1. The number of nitrogens with zero attached hydrogens (tertiary/aromatic N) is 3. The van der Waals surface area contributed by atoms with E-state index in [4.69, 9.17) is 0 Å². The quantitative estimate of drug-likeness (QED) is 0.724. The van der Waals surface area contributed by atoms with Crippen LogP contribution in [0.4, 0.5) is 0 Å². The first-order valence-electron chi connectivity index (χ1n) is 9.06. The average Bonchev–Trinajstić information content (AvgIpc) is 3.31. The molecule has 3 aromatic rings. The van der Waals surface area contributed by atoms with Gasteiger partial charge in [-0.25, -0.2) is 0 Å². The van der Waals surface area contributed by atoms with Crippen LogP contribution in [0.5, 0.6) is 0 Å². The van der Waals surface area contributed by atoms with Crippen molar-refractivity contribution in [2.45, 2.75) is 19.8 Å². The van der Waals surface area contributed by atoms with Crippen LogP contribution in [0.25, 0.3) is 10.9 Å². The average molecular weight is 383 g/mol. The predicted molar refractivity (Wildman–Crippen MR) is 104 cm³/mol. The summed E-state index contributed by atoms with van der Waals surface area (Å²) in [5, 5.41) is 7.95. The monoisotopic (exact) mass is 383 g/mol. The molecule has 0 spiro atoms. The van der Waals surface area contributed by atoms with Crippen molar-refractivity contribution in [3.63, 3.8) is 0 Å². The molecule has 1 aliphatic rings. The minimum atomic E-state index is -0.114. The van der Waals surface area contributed by atoms with Gasteiger partial charge in [-0.2, -0.15) is 0 Å². The van der Waals surface area contributed by atoms with Crippen LogP contribution in [0.15, 0.2) is 30.3 Å². The van der Waals surface area contributed by atoms with Crippen molar-refractivity contribution in [3.8, 4) is 0 Å². The molecule has 1 atom stereocenters. The van der Waals surface area contributed by atoms with E-state index in [1.165, 1.54) is 0 Å². The molecule has 0 aliphatic carbocycles. The molecule has 2 aromatic heterocycles. The summed E-state index contributed by atoms with van der Waals surface area (Å²) >= 11 is 1.14. The summed E-state index contributed by atoms with van der Waals surface area (Å²) < 4.78 is 3.85. The lowest BCUT2D eigenvalue weighted by molar-refractivity contribution is 0.0674. The number of piperidine rings is 1. The van der Waals surface area contributed by atoms with Crippen LogP contribution in [0.1, 0.15) is 38.7 Å². The number of nitrogens with one attached hydrogen (secondary N) is 2. The van der Waals surface area contributed by atoms with Crippen molar-refractivity contribution < 1.29 is 9.59 Å². The Labute approximate surface area is 160 Å². The molecule has 1 saturated heterocycles. The third-order valence-corrected chi connectivity index (χ3v) is 5.79. The lowest BCUT2D eigenvalue weighted by Gasteiger charge is -2.32. The SMILES string of the molecule is Cc1nnsc1C(=O)N1CCC[C@@H](CNC(=O)c2cc3ccccc3[nH]2)C1. The third-order valence-electron chi connectivity index (χ3n) is 4.98. The summed E-state index contributed by atoms with van der Waals surface area (Å²) in [5.41, 5.74) is 2.19. The Morgan fingerprint density at radius 3 is 3.00 bits per heavy atom. The van der Waals surface area contributed by atoms with E-state index >= 15 is 0 Å². The zero-order valence-corrected chi connectivity index (χ0v) is 15.9. The van der Waals surface area contributed by atoms with Gasteiger partial charge in [-0.15, -0.1) is 5.10 Å². The van der Waals surface area contributed by atoms with E-state index in [0.717, 1.165) is 41.8 Å². The molecule has 2 N–H and O–H groups in total. The van der Waals surface area contributed by atoms with Crippen LogP contribution in [-0.4, -0.2) is 50.9 Å². The lowest BCUT2D eigenvalue weighted by Crippen LogP contribution is -2.43. The van der Waals surface area contributed by atoms with E-state index in [-0.39, 0.29) is 17.7 Å². The van der Waals surface area contributed by atoms with E-state index in [1.54, 1.807) is 6.92 Å². The Morgan fingerprint density at radius 1 is 1.37 bits per heavy atom. The number of aromatic amines is 1. The second-order valence-corrected chi connectivity index (χ2v) is 7.68. The van der Waals surface area contributed by atoms with Crippen LogP contribution in [0, 0.1) is 12.8 Å². The van der Waals surface area contributed by atoms with Gasteiger partial charge in [0.1, 0.15) is 10.6 Å². The molecule has 0 radical (unpaired) electrons. The van der Waals surface area contributed by atoms with Crippen molar-refractivity contribution in [1.29, 1.82) is 0 Å². The number of aromatic nitrogens is 3. The van der Waals surface area contributed by atoms with Gasteiger partial charge >= 0.3 is 0 Å². The third kappa shape index (κ3) is 3.71. The number of H-pyrrole nitrogens is 1. The number of hydrogen-bond acceptors (Lipinski definition) is 5. The highest BCUT2D eigenvalue weighted by Gasteiger charge is 2.27. The van der Waals surface area contributed by atoms with E-state index in [2.05, 4.69) is 19.9 Å². The molecule has 4 rings (SSSR count). The summed E-state index contributed by atoms with van der Waals surface area (Å²) in [6.07, 6.45) is 1.93. The number of fused-ring (bicyclic) bond motifs is 1. The molecule has 7 nitrogen and oxygen atoms in total. The Morgan fingerprint density at radius 2 is 2.22 bits per heavy atom. The van der Waals surface area contributed by atoms with Crippen molar-refractivity contribution >= 4 is 34.2 Å². The topological polar surface area (TPSA) is 91.0 Å². The fourth-order valence-corrected chi connectivity index (χ4v) is 4.14. The number of carbonyl (C=O) groups is 2. The molecule has 0 bridgehead atoms. The summed E-state index contributed by atoms with van der Waals surface area (Å²) in [4.78, 5) is 30.7. The first kappa shape index (κ1) is 17.7. The number of aryl methyl sites for hydroxylation is 1. The first-order valence-corrected chi connectivity index (χ1v) is 9.83. The number of rotatable bonds is 4. The molecule has 2 amide bonds. The molecule has 1 aromatic carbocycles. The number of amides is 2. The number of carbonyl (C=O) groups excluding carboxylic acids is 2. The van der Waals surface area contributed by atoms with E-state index in [0.29, 0.717) is 29.4 Å². The maximum Gasteiger partial charge on any atom is 0.267 e. The van der Waals surface area contributed by atoms with Crippen molar-refractivity contribution in [1.82, 2.24) is 24.8 Å². The molecule has 0 unspecified atom stereocenters. The summed E-state index contributed by atoms with van der Waals surface area (Å²) in [7, 11) is 0. The minimum Gasteiger partial charge on any atom is -0.351 e. The van der Waals surface area contributed by atoms with Crippen molar-refractivity contribution in [2.75, 3.05) is 19.6 Å². The Hall–Kier alpha value is -2.74. The van der Waals surface area contributed by atoms with Crippen molar-refractivity contribution in [3.05, 3.63) is 46.6 Å². The van der Waals surface area contributed by atoms with Crippen molar-refractivity contribution in [2.24, 2.45) is 5.92 Å². The van der Waals surface area contributed by atoms with Gasteiger partial charge < -0.3 is 15.2 Å². The van der Waals surface area contributed by atoms with Gasteiger partial charge in [0.15, 0.2) is 0 Å². The predicted octanol–water partition coefficient (Wildman–Crippen LogP) is 2.61. The van der Waals surface area contributed by atoms with E-state index in [1.807, 2.05) is 35.2 Å². The fourth-order valence-electron chi connectivity index (χ4n) is 3.52. The maximum absolute atomic E-state index is 12.7. The van der Waals surface area contributed by atoms with Crippen LogP contribution < -0.4 is 5.32 Å². The highest BCUT2D eigenvalue weighted by Crippen LogP contribution is 2.21. The van der Waals surface area contributed by atoms with Gasteiger partial charge in [-0.1, -0.05) is 22.7 Å². The molecule has 1 aliphatic heterocycles. The van der Waals surface area contributed by atoms with Crippen LogP contribution >= 0.6 is 11.5 Å². The second kappa shape index (κ2) is 7.48. The Balaban J connectivity index is 1.36. The maximum atomic E-state index is 12.7. The highest BCUT2D eigenvalue weighted by atomic mass is 32.1. The van der Waals surface area contributed by atoms with Crippen LogP contribution in [0.3, 0.4) is 0 Å². The summed E-state index contributed by atoms with van der Waals surface area (Å²) in [5.74, 6) is 0.128. The Kier molecular flexibility index (Phi) is 4.89.